The van der Waals surface area contributed by atoms with E-state index in [0.717, 1.165) is 5.56 Å². The number of nitrogens with zero attached hydrogens (tertiary/aromatic N) is 1. The summed E-state index contributed by atoms with van der Waals surface area (Å²) < 4.78 is 10.1. The lowest BCUT2D eigenvalue weighted by Gasteiger charge is -2.05. The van der Waals surface area contributed by atoms with Crippen LogP contribution >= 0.6 is 0 Å². The molecule has 0 amide bonds. The van der Waals surface area contributed by atoms with Crippen LogP contribution in [0.25, 0.3) is 0 Å². The molecule has 2 aromatic rings. The van der Waals surface area contributed by atoms with Gasteiger partial charge in [-0.15, -0.1) is 0 Å². The van der Waals surface area contributed by atoms with Gasteiger partial charge in [-0.05, 0) is 24.1 Å². The Bertz CT molecular complexity index is 669. The normalized spacial score (nSPS) is 9.30. The molecule has 1 heterocycles. The lowest BCUT2D eigenvalue weighted by molar-refractivity contribution is 0.105. The largest absolute Gasteiger partial charge is 0.481 e. The van der Waals surface area contributed by atoms with Gasteiger partial charge in [0.15, 0.2) is 0 Å². The van der Waals surface area contributed by atoms with Crippen LogP contribution in [-0.2, 0) is 0 Å². The summed E-state index contributed by atoms with van der Waals surface area (Å²) >= 11 is 0. The number of methoxy groups -OCH3 is 2. The maximum Gasteiger partial charge on any atom is 0.241 e. The summed E-state index contributed by atoms with van der Waals surface area (Å²) in [4.78, 5) is 16.1. The van der Waals surface area contributed by atoms with Crippen LogP contribution < -0.4 is 9.47 Å². The van der Waals surface area contributed by atoms with E-state index in [1.807, 2.05) is 30.3 Å². The Kier molecular flexibility index (Phi) is 4.35. The van der Waals surface area contributed by atoms with E-state index >= 15 is 0 Å². The molecule has 4 nitrogen and oxygen atoms in total. The van der Waals surface area contributed by atoms with E-state index in [-0.39, 0.29) is 11.7 Å². The van der Waals surface area contributed by atoms with Crippen molar-refractivity contribution in [2.24, 2.45) is 0 Å². The number of hydrogen-bond donors (Lipinski definition) is 0. The summed E-state index contributed by atoms with van der Waals surface area (Å²) in [6.45, 7) is 0. The number of hydrogen-bond acceptors (Lipinski definition) is 4. The van der Waals surface area contributed by atoms with Crippen LogP contribution in [0, 0.1) is 11.8 Å². The molecule has 20 heavy (non-hydrogen) atoms. The molecule has 1 aromatic carbocycles. The number of aromatic nitrogens is 1. The third kappa shape index (κ3) is 3.15. The monoisotopic (exact) mass is 267 g/mol. The van der Waals surface area contributed by atoms with Crippen LogP contribution in [0.4, 0.5) is 0 Å². The Hall–Kier alpha value is -2.80. The summed E-state index contributed by atoms with van der Waals surface area (Å²) in [5.74, 6) is 5.63. The molecular formula is C16H13NO3. The summed E-state index contributed by atoms with van der Waals surface area (Å²) in [5.41, 5.74) is 1.10. The first-order valence-electron chi connectivity index (χ1n) is 5.95. The Morgan fingerprint density at radius 1 is 1.05 bits per heavy atom. The molecule has 0 aliphatic carbocycles. The van der Waals surface area contributed by atoms with Gasteiger partial charge in [-0.3, -0.25) is 4.79 Å². The minimum atomic E-state index is -0.346. The fourth-order valence-corrected chi connectivity index (χ4v) is 1.58. The molecule has 0 atom stereocenters. The van der Waals surface area contributed by atoms with Crippen molar-refractivity contribution in [2.45, 2.75) is 0 Å². The topological polar surface area (TPSA) is 48.4 Å². The van der Waals surface area contributed by atoms with Gasteiger partial charge in [0.1, 0.15) is 0 Å². The molecule has 0 fully saturated rings. The van der Waals surface area contributed by atoms with Crippen LogP contribution in [0.1, 0.15) is 15.9 Å². The molecule has 0 radical (unpaired) electrons. The molecule has 0 spiro atoms. The first-order chi connectivity index (χ1) is 9.74. The molecule has 4 heteroatoms. The minimum absolute atomic E-state index is 0.205. The highest BCUT2D eigenvalue weighted by atomic mass is 16.5. The third-order valence-electron chi connectivity index (χ3n) is 2.58. The van der Waals surface area contributed by atoms with E-state index in [0.29, 0.717) is 11.4 Å². The van der Waals surface area contributed by atoms with Crippen molar-refractivity contribution in [3.8, 4) is 23.6 Å². The highest BCUT2D eigenvalue weighted by Crippen LogP contribution is 2.19. The second kappa shape index (κ2) is 6.39. The first-order valence-corrected chi connectivity index (χ1v) is 5.95. The zero-order valence-electron chi connectivity index (χ0n) is 11.2. The van der Waals surface area contributed by atoms with E-state index in [2.05, 4.69) is 16.8 Å². The SMILES string of the molecule is COc1ccc(C(=O)C#Cc2ccccc2)c(OC)n1. The number of carbonyl (C=O) groups is 1. The molecule has 0 saturated heterocycles. The van der Waals surface area contributed by atoms with E-state index in [9.17, 15) is 4.79 Å². The van der Waals surface area contributed by atoms with Gasteiger partial charge < -0.3 is 9.47 Å². The second-order valence-corrected chi connectivity index (χ2v) is 3.86. The predicted molar refractivity (Wildman–Crippen MR) is 75.0 cm³/mol. The Balaban J connectivity index is 2.28. The van der Waals surface area contributed by atoms with Crippen molar-refractivity contribution in [2.75, 3.05) is 14.2 Å². The first kappa shape index (κ1) is 13.6. The van der Waals surface area contributed by atoms with Gasteiger partial charge >= 0.3 is 0 Å². The van der Waals surface area contributed by atoms with Crippen molar-refractivity contribution in [3.63, 3.8) is 0 Å². The van der Waals surface area contributed by atoms with Gasteiger partial charge in [0.25, 0.3) is 0 Å². The highest BCUT2D eigenvalue weighted by molar-refractivity contribution is 6.10. The Morgan fingerprint density at radius 3 is 2.45 bits per heavy atom. The van der Waals surface area contributed by atoms with Crippen molar-refractivity contribution in [1.29, 1.82) is 0 Å². The number of rotatable bonds is 3. The summed E-state index contributed by atoms with van der Waals surface area (Å²) in [5, 5.41) is 0. The lowest BCUT2D eigenvalue weighted by atomic mass is 10.1. The highest BCUT2D eigenvalue weighted by Gasteiger charge is 2.12. The molecule has 2 rings (SSSR count). The fraction of sp³-hybridized carbons (Fsp3) is 0.125. The molecule has 0 saturated carbocycles. The zero-order valence-corrected chi connectivity index (χ0v) is 11.2. The van der Waals surface area contributed by atoms with E-state index in [4.69, 9.17) is 9.47 Å². The zero-order chi connectivity index (χ0) is 14.4. The Morgan fingerprint density at radius 2 is 1.80 bits per heavy atom. The molecule has 0 aliphatic rings. The molecular weight excluding hydrogens is 254 g/mol. The number of ether oxygens (including phenoxy) is 2. The standard InChI is InChI=1S/C16H13NO3/c1-19-15-11-9-13(16(17-15)20-2)14(18)10-8-12-6-4-3-5-7-12/h3-7,9,11H,1-2H3. The number of carbonyl (C=O) groups excluding carboxylic acids is 1. The van der Waals surface area contributed by atoms with Crippen LogP contribution in [0.5, 0.6) is 11.8 Å². The fourth-order valence-electron chi connectivity index (χ4n) is 1.58. The van der Waals surface area contributed by atoms with Crippen molar-refractivity contribution in [1.82, 2.24) is 4.98 Å². The van der Waals surface area contributed by atoms with Gasteiger partial charge in [-0.1, -0.05) is 24.1 Å². The molecule has 0 bridgehead atoms. The summed E-state index contributed by atoms with van der Waals surface area (Å²) in [6, 6.07) is 12.5. The summed E-state index contributed by atoms with van der Waals surface area (Å²) in [7, 11) is 2.95. The van der Waals surface area contributed by atoms with Crippen molar-refractivity contribution < 1.29 is 14.3 Å². The maximum atomic E-state index is 12.1. The quantitative estimate of drug-likeness (QED) is 0.632. The summed E-state index contributed by atoms with van der Waals surface area (Å²) in [6.07, 6.45) is 0. The minimum Gasteiger partial charge on any atom is -0.481 e. The van der Waals surface area contributed by atoms with Crippen LogP contribution in [0.2, 0.25) is 0 Å². The number of Topliss-reactive ketones (excluding diaryl/α,β-unsaturated/α-hetero) is 1. The Labute approximate surface area is 117 Å². The van der Waals surface area contributed by atoms with Gasteiger partial charge in [-0.2, -0.15) is 4.98 Å². The van der Waals surface area contributed by atoms with Gasteiger partial charge in [0.2, 0.25) is 17.5 Å². The van der Waals surface area contributed by atoms with Gasteiger partial charge in [0, 0.05) is 11.6 Å². The van der Waals surface area contributed by atoms with E-state index in [1.54, 1.807) is 12.1 Å². The van der Waals surface area contributed by atoms with Crippen LogP contribution in [0.15, 0.2) is 42.5 Å². The third-order valence-corrected chi connectivity index (χ3v) is 2.58. The van der Waals surface area contributed by atoms with Crippen molar-refractivity contribution in [3.05, 3.63) is 53.6 Å². The van der Waals surface area contributed by atoms with Crippen molar-refractivity contribution >= 4 is 5.78 Å². The predicted octanol–water partition coefficient (Wildman–Crippen LogP) is 2.33. The van der Waals surface area contributed by atoms with E-state index < -0.39 is 0 Å². The maximum absolute atomic E-state index is 12.1. The molecule has 0 unspecified atom stereocenters. The average molecular weight is 267 g/mol. The number of pyridine rings is 1. The number of benzene rings is 1. The number of ketones is 1. The van der Waals surface area contributed by atoms with Crippen LogP contribution in [-0.4, -0.2) is 25.0 Å². The second-order valence-electron chi connectivity index (χ2n) is 3.86. The average Bonchev–Trinajstić information content (AvgIpc) is 2.52. The lowest BCUT2D eigenvalue weighted by Crippen LogP contribution is -2.02. The molecule has 100 valence electrons. The van der Waals surface area contributed by atoms with Gasteiger partial charge in [-0.25, -0.2) is 0 Å². The molecule has 0 N–H and O–H groups in total. The van der Waals surface area contributed by atoms with E-state index in [1.165, 1.54) is 14.2 Å². The van der Waals surface area contributed by atoms with Crippen LogP contribution in [0.3, 0.4) is 0 Å². The smallest absolute Gasteiger partial charge is 0.241 e. The molecule has 0 aliphatic heterocycles. The van der Waals surface area contributed by atoms with Gasteiger partial charge in [0.05, 0.1) is 19.8 Å². The molecule has 1 aromatic heterocycles.